The summed E-state index contributed by atoms with van der Waals surface area (Å²) < 4.78 is 27.2. The Kier molecular flexibility index (Phi) is 8.64. The van der Waals surface area contributed by atoms with Crippen LogP contribution < -0.4 is 20.7 Å². The summed E-state index contributed by atoms with van der Waals surface area (Å²) in [6.07, 6.45) is 3.31. The van der Waals surface area contributed by atoms with Crippen molar-refractivity contribution in [2.75, 3.05) is 11.9 Å². The Balaban J connectivity index is 1.77. The molecule has 1 aromatic heterocycles. The number of rotatable bonds is 10. The zero-order valence-electron chi connectivity index (χ0n) is 17.2. The van der Waals surface area contributed by atoms with Crippen LogP contribution in [-0.2, 0) is 31.0 Å². The molecule has 31 heavy (non-hydrogen) atoms. The third-order valence-corrected chi connectivity index (χ3v) is 5.66. The molecule has 1 heterocycles. The second-order valence-electron chi connectivity index (χ2n) is 6.72. The fraction of sp³-hybridized carbons (Fsp3) is 0.300. The van der Waals surface area contributed by atoms with Crippen molar-refractivity contribution < 1.29 is 22.8 Å². The number of carbonyl (C=O) groups is 3. The number of sulfonamides is 1. The van der Waals surface area contributed by atoms with Gasteiger partial charge in [-0.1, -0.05) is 0 Å². The van der Waals surface area contributed by atoms with Gasteiger partial charge in [0.1, 0.15) is 0 Å². The molecule has 0 aliphatic carbocycles. The van der Waals surface area contributed by atoms with Crippen LogP contribution in [-0.4, -0.2) is 43.7 Å². The molecule has 4 N–H and O–H groups in total. The first-order valence-electron chi connectivity index (χ1n) is 9.50. The Hall–Kier alpha value is -3.31. The van der Waals surface area contributed by atoms with Gasteiger partial charge in [0, 0.05) is 44.5 Å². The van der Waals surface area contributed by atoms with Gasteiger partial charge in [-0.3, -0.25) is 19.4 Å². The van der Waals surface area contributed by atoms with Gasteiger partial charge in [-0.25, -0.2) is 8.42 Å². The smallest absolute Gasteiger partial charge is 0.241 e. The maximum absolute atomic E-state index is 12.4. The van der Waals surface area contributed by atoms with E-state index in [2.05, 4.69) is 25.7 Å². The molecule has 1 aromatic carbocycles. The first-order chi connectivity index (χ1) is 14.7. The van der Waals surface area contributed by atoms with Crippen LogP contribution in [0.4, 0.5) is 5.69 Å². The van der Waals surface area contributed by atoms with Gasteiger partial charge in [-0.2, -0.15) is 4.72 Å². The summed E-state index contributed by atoms with van der Waals surface area (Å²) in [4.78, 5) is 38.9. The van der Waals surface area contributed by atoms with E-state index in [-0.39, 0.29) is 29.7 Å². The number of pyridine rings is 1. The largest absolute Gasteiger partial charge is 0.354 e. The highest BCUT2D eigenvalue weighted by Crippen LogP contribution is 2.14. The molecule has 2 aromatic rings. The van der Waals surface area contributed by atoms with Crippen LogP contribution in [0.3, 0.4) is 0 Å². The number of hydrogen-bond donors (Lipinski definition) is 4. The number of anilines is 1. The molecule has 3 amide bonds. The number of carbonyl (C=O) groups excluding carboxylic acids is 3. The maximum Gasteiger partial charge on any atom is 0.241 e. The van der Waals surface area contributed by atoms with E-state index in [4.69, 9.17) is 0 Å². The Morgan fingerprint density at radius 2 is 1.65 bits per heavy atom. The molecule has 10 nitrogen and oxygen atoms in total. The van der Waals surface area contributed by atoms with E-state index < -0.39 is 22.0 Å². The Morgan fingerprint density at radius 1 is 1.00 bits per heavy atom. The number of nitrogens with one attached hydrogen (secondary N) is 4. The van der Waals surface area contributed by atoms with Crippen molar-refractivity contribution in [3.05, 3.63) is 54.4 Å². The number of aromatic nitrogens is 1. The highest BCUT2D eigenvalue weighted by atomic mass is 32.2. The van der Waals surface area contributed by atoms with Gasteiger partial charge in [0.05, 0.1) is 10.9 Å². The second kappa shape index (κ2) is 11.2. The lowest BCUT2D eigenvalue weighted by atomic mass is 10.2. The molecule has 0 radical (unpaired) electrons. The molecule has 11 heteroatoms. The summed E-state index contributed by atoms with van der Waals surface area (Å²) in [5, 5.41) is 7.79. The molecule has 0 saturated heterocycles. The number of nitrogens with zero attached hydrogens (tertiary/aromatic N) is 1. The van der Waals surface area contributed by atoms with E-state index in [0.717, 1.165) is 5.56 Å². The van der Waals surface area contributed by atoms with Crippen LogP contribution >= 0.6 is 0 Å². The minimum atomic E-state index is -3.94. The van der Waals surface area contributed by atoms with Gasteiger partial charge in [0.25, 0.3) is 0 Å². The molecule has 2 rings (SSSR count). The Labute approximate surface area is 180 Å². The van der Waals surface area contributed by atoms with Crippen molar-refractivity contribution in [1.29, 1.82) is 0 Å². The van der Waals surface area contributed by atoms with Gasteiger partial charge in [-0.05, 0) is 48.9 Å². The van der Waals surface area contributed by atoms with Gasteiger partial charge >= 0.3 is 0 Å². The standard InChI is InChI=1S/C20H25N5O5S/c1-14(25-31(29,30)18-5-3-17(4-6-18)24-15(2)26)20(28)22-12-9-19(27)23-13-16-7-10-21-11-8-16/h3-8,10-11,14,25H,9,12-13H2,1-2H3,(H,22,28)(H,23,27)(H,24,26)/t14-/m0/s1. The highest BCUT2D eigenvalue weighted by molar-refractivity contribution is 7.89. The van der Waals surface area contributed by atoms with Crippen LogP contribution in [0.2, 0.25) is 0 Å². The van der Waals surface area contributed by atoms with E-state index in [0.29, 0.717) is 12.2 Å². The average Bonchev–Trinajstić information content (AvgIpc) is 2.72. The highest BCUT2D eigenvalue weighted by Gasteiger charge is 2.22. The summed E-state index contributed by atoms with van der Waals surface area (Å²) in [7, 11) is -3.94. The zero-order valence-corrected chi connectivity index (χ0v) is 18.0. The van der Waals surface area contributed by atoms with Gasteiger partial charge < -0.3 is 16.0 Å². The monoisotopic (exact) mass is 447 g/mol. The van der Waals surface area contributed by atoms with Crippen LogP contribution in [0.5, 0.6) is 0 Å². The fourth-order valence-corrected chi connectivity index (χ4v) is 3.72. The third-order valence-electron chi connectivity index (χ3n) is 4.10. The summed E-state index contributed by atoms with van der Waals surface area (Å²) in [5.74, 6) is -1.07. The molecular weight excluding hydrogens is 422 g/mol. The van der Waals surface area contributed by atoms with Crippen LogP contribution in [0.15, 0.2) is 53.7 Å². The predicted octanol–water partition coefficient (Wildman–Crippen LogP) is 0.530. The zero-order chi connectivity index (χ0) is 22.9. The van der Waals surface area contributed by atoms with Crippen molar-refractivity contribution in [2.24, 2.45) is 0 Å². The summed E-state index contributed by atoms with van der Waals surface area (Å²) in [6, 6.07) is 8.07. The topological polar surface area (TPSA) is 146 Å². The van der Waals surface area contributed by atoms with E-state index in [1.807, 2.05) is 0 Å². The summed E-state index contributed by atoms with van der Waals surface area (Å²) in [5.41, 5.74) is 1.36. The average molecular weight is 448 g/mol. The Bertz CT molecular complexity index is 1010. The normalized spacial score (nSPS) is 11.9. The summed E-state index contributed by atoms with van der Waals surface area (Å²) >= 11 is 0. The Morgan fingerprint density at radius 3 is 2.26 bits per heavy atom. The lowest BCUT2D eigenvalue weighted by molar-refractivity contribution is -0.123. The first kappa shape index (κ1) is 24.0. The molecule has 0 fully saturated rings. The first-order valence-corrected chi connectivity index (χ1v) is 11.0. The molecule has 0 saturated carbocycles. The minimum absolute atomic E-state index is 0.0447. The molecule has 0 bridgehead atoms. The molecular formula is C20H25N5O5S. The summed E-state index contributed by atoms with van der Waals surface area (Å²) in [6.45, 7) is 3.17. The van der Waals surface area contributed by atoms with Gasteiger partial charge in [-0.15, -0.1) is 0 Å². The van der Waals surface area contributed by atoms with Crippen molar-refractivity contribution in [3.63, 3.8) is 0 Å². The molecule has 0 aliphatic heterocycles. The quantitative estimate of drug-likeness (QED) is 0.418. The lowest BCUT2D eigenvalue weighted by Crippen LogP contribution is -2.45. The van der Waals surface area contributed by atoms with Crippen molar-refractivity contribution in [1.82, 2.24) is 20.3 Å². The van der Waals surface area contributed by atoms with Crippen molar-refractivity contribution in [2.45, 2.75) is 37.8 Å². The molecule has 1 atom stereocenters. The lowest BCUT2D eigenvalue weighted by Gasteiger charge is -2.15. The minimum Gasteiger partial charge on any atom is -0.354 e. The van der Waals surface area contributed by atoms with E-state index in [9.17, 15) is 22.8 Å². The third kappa shape index (κ3) is 8.15. The number of hydrogen-bond acceptors (Lipinski definition) is 6. The number of amides is 3. The van der Waals surface area contributed by atoms with Crippen LogP contribution in [0, 0.1) is 0 Å². The van der Waals surface area contributed by atoms with E-state index in [1.54, 1.807) is 24.5 Å². The van der Waals surface area contributed by atoms with Crippen LogP contribution in [0.25, 0.3) is 0 Å². The second-order valence-corrected chi connectivity index (χ2v) is 8.44. The van der Waals surface area contributed by atoms with Crippen molar-refractivity contribution in [3.8, 4) is 0 Å². The predicted molar refractivity (Wildman–Crippen MR) is 114 cm³/mol. The molecule has 0 unspecified atom stereocenters. The van der Waals surface area contributed by atoms with Gasteiger partial charge in [0.15, 0.2) is 0 Å². The van der Waals surface area contributed by atoms with Crippen LogP contribution in [0.1, 0.15) is 25.8 Å². The van der Waals surface area contributed by atoms with E-state index >= 15 is 0 Å². The SMILES string of the molecule is CC(=O)Nc1ccc(S(=O)(=O)N[C@@H](C)C(=O)NCCC(=O)NCc2ccncc2)cc1. The van der Waals surface area contributed by atoms with Gasteiger partial charge in [0.2, 0.25) is 27.7 Å². The molecule has 0 aliphatic rings. The van der Waals surface area contributed by atoms with E-state index in [1.165, 1.54) is 38.1 Å². The molecule has 0 spiro atoms. The number of benzene rings is 1. The fourth-order valence-electron chi connectivity index (χ4n) is 2.52. The molecule has 166 valence electrons. The van der Waals surface area contributed by atoms with Crippen molar-refractivity contribution >= 4 is 33.4 Å². The maximum atomic E-state index is 12.4.